The van der Waals surface area contributed by atoms with E-state index in [4.69, 9.17) is 9.84 Å². The topological polar surface area (TPSA) is 81.4 Å². The van der Waals surface area contributed by atoms with Crippen LogP contribution in [0, 0.1) is 5.92 Å². The summed E-state index contributed by atoms with van der Waals surface area (Å²) in [4.78, 5) is 26.5. The molecule has 0 aliphatic carbocycles. The number of aromatic nitrogens is 2. The molecule has 1 atom stereocenters. The molecule has 19 heavy (non-hydrogen) atoms. The molecule has 0 saturated carbocycles. The first kappa shape index (κ1) is 15.6. The third kappa shape index (κ3) is 4.59. The average molecular weight is 286 g/mol. The number of hydrogen-bond donors (Lipinski definition) is 1. The number of hydrogen-bond acceptors (Lipinski definition) is 5. The Bertz CT molecular complexity index is 445. The van der Waals surface area contributed by atoms with Gasteiger partial charge in [-0.25, -0.2) is 9.78 Å². The number of carboxylic acid groups (broad SMARTS) is 1. The largest absolute Gasteiger partial charge is 0.481 e. The van der Waals surface area contributed by atoms with Crippen LogP contribution in [0.4, 0.5) is 0 Å². The van der Waals surface area contributed by atoms with E-state index in [1.165, 1.54) is 7.11 Å². The molecule has 0 amide bonds. The molecule has 1 heterocycles. The van der Waals surface area contributed by atoms with Crippen LogP contribution < -0.4 is 0 Å². The normalized spacial score (nSPS) is 12.4. The summed E-state index contributed by atoms with van der Waals surface area (Å²) in [5, 5.41) is 9.21. The Balaban J connectivity index is 2.92. The summed E-state index contributed by atoms with van der Waals surface area (Å²) >= 11 is 1.09. The highest BCUT2D eigenvalue weighted by molar-refractivity contribution is 7.99. The molecule has 1 unspecified atom stereocenters. The molecule has 0 fully saturated rings. The van der Waals surface area contributed by atoms with Crippen molar-refractivity contribution < 1.29 is 19.4 Å². The molecule has 0 aliphatic heterocycles. The number of esters is 1. The molecular formula is C12H18N2O4S. The summed E-state index contributed by atoms with van der Waals surface area (Å²) in [5.74, 6) is -1.04. The first-order valence-electron chi connectivity index (χ1n) is 5.91. The highest BCUT2D eigenvalue weighted by Gasteiger charge is 2.24. The predicted octanol–water partition coefficient (Wildman–Crippen LogP) is 1.82. The molecule has 106 valence electrons. The molecule has 0 aromatic carbocycles. The molecule has 7 heteroatoms. The van der Waals surface area contributed by atoms with E-state index in [-0.39, 0.29) is 11.7 Å². The number of methoxy groups -OCH3 is 1. The van der Waals surface area contributed by atoms with Crippen LogP contribution in [0.2, 0.25) is 0 Å². The maximum absolute atomic E-state index is 11.8. The van der Waals surface area contributed by atoms with Gasteiger partial charge in [0.05, 0.1) is 12.9 Å². The standard InChI is InChI=1S/C12H18N2O4S/c1-8(2)6-9(11(17)18-3)14-5-4-13-12(14)19-7-10(15)16/h4-5,8-9H,6-7H2,1-3H3,(H,15,16). The first-order chi connectivity index (χ1) is 8.95. The van der Waals surface area contributed by atoms with Crippen molar-refractivity contribution in [3.8, 4) is 0 Å². The number of thioether (sulfide) groups is 1. The van der Waals surface area contributed by atoms with Crippen LogP contribution in [0.5, 0.6) is 0 Å². The number of rotatable bonds is 7. The third-order valence-corrected chi connectivity index (χ3v) is 3.43. The molecule has 6 nitrogen and oxygen atoms in total. The Morgan fingerprint density at radius 2 is 2.21 bits per heavy atom. The number of ether oxygens (including phenoxy) is 1. The Morgan fingerprint density at radius 1 is 1.53 bits per heavy atom. The third-order valence-electron chi connectivity index (χ3n) is 2.46. The van der Waals surface area contributed by atoms with Gasteiger partial charge < -0.3 is 14.4 Å². The summed E-state index contributed by atoms with van der Waals surface area (Å²) in [6, 6.07) is -0.469. The van der Waals surface area contributed by atoms with Gasteiger partial charge in [-0.3, -0.25) is 4.79 Å². The van der Waals surface area contributed by atoms with E-state index in [0.717, 1.165) is 11.8 Å². The maximum Gasteiger partial charge on any atom is 0.328 e. The van der Waals surface area contributed by atoms with Crippen LogP contribution in [0.25, 0.3) is 0 Å². The molecule has 1 N–H and O–H groups in total. The zero-order valence-corrected chi connectivity index (χ0v) is 12.0. The molecule has 0 spiro atoms. The molecule has 0 aliphatic rings. The molecular weight excluding hydrogens is 268 g/mol. The van der Waals surface area contributed by atoms with Crippen LogP contribution in [0.3, 0.4) is 0 Å². The van der Waals surface area contributed by atoms with Crippen molar-refractivity contribution in [3.63, 3.8) is 0 Å². The van der Waals surface area contributed by atoms with Crippen LogP contribution in [0.15, 0.2) is 17.6 Å². The van der Waals surface area contributed by atoms with E-state index in [9.17, 15) is 9.59 Å². The molecule has 0 bridgehead atoms. The molecule has 1 aromatic rings. The van der Waals surface area contributed by atoms with Gasteiger partial charge in [0.25, 0.3) is 0 Å². The summed E-state index contributed by atoms with van der Waals surface area (Å²) < 4.78 is 6.48. The van der Waals surface area contributed by atoms with Gasteiger partial charge in [-0.05, 0) is 12.3 Å². The zero-order chi connectivity index (χ0) is 14.4. The summed E-state index contributed by atoms with van der Waals surface area (Å²) in [6.07, 6.45) is 3.85. The van der Waals surface area contributed by atoms with Gasteiger partial charge in [0.2, 0.25) is 0 Å². The van der Waals surface area contributed by atoms with Gasteiger partial charge in [0.1, 0.15) is 6.04 Å². The number of aliphatic carboxylic acids is 1. The molecule has 0 radical (unpaired) electrons. The average Bonchev–Trinajstić information content (AvgIpc) is 2.80. The van der Waals surface area contributed by atoms with Gasteiger partial charge >= 0.3 is 11.9 Å². The molecule has 0 saturated heterocycles. The van der Waals surface area contributed by atoms with E-state index < -0.39 is 12.0 Å². The smallest absolute Gasteiger partial charge is 0.328 e. The predicted molar refractivity (Wildman–Crippen MR) is 71.1 cm³/mol. The molecule has 1 rings (SSSR count). The number of imidazole rings is 1. The number of carboxylic acids is 1. The van der Waals surface area contributed by atoms with Gasteiger partial charge in [-0.1, -0.05) is 25.6 Å². The second kappa shape index (κ2) is 7.18. The Hall–Kier alpha value is -1.50. The number of nitrogens with zero attached hydrogens (tertiary/aromatic N) is 2. The Kier molecular flexibility index (Phi) is 5.88. The van der Waals surface area contributed by atoms with E-state index in [2.05, 4.69) is 4.98 Å². The Morgan fingerprint density at radius 3 is 2.74 bits per heavy atom. The highest BCUT2D eigenvalue weighted by atomic mass is 32.2. The Labute approximate surface area is 116 Å². The van der Waals surface area contributed by atoms with Crippen LogP contribution in [-0.2, 0) is 14.3 Å². The van der Waals surface area contributed by atoms with E-state index in [1.54, 1.807) is 17.0 Å². The minimum Gasteiger partial charge on any atom is -0.481 e. The SMILES string of the molecule is COC(=O)C(CC(C)C)n1ccnc1SCC(=O)O. The monoisotopic (exact) mass is 286 g/mol. The lowest BCUT2D eigenvalue weighted by molar-refractivity contribution is -0.145. The van der Waals surface area contributed by atoms with Crippen LogP contribution in [0.1, 0.15) is 26.3 Å². The van der Waals surface area contributed by atoms with Crippen molar-refractivity contribution >= 4 is 23.7 Å². The van der Waals surface area contributed by atoms with Crippen molar-refractivity contribution in [1.29, 1.82) is 0 Å². The van der Waals surface area contributed by atoms with Crippen molar-refractivity contribution in [2.45, 2.75) is 31.5 Å². The quantitative estimate of drug-likeness (QED) is 0.608. The van der Waals surface area contributed by atoms with Gasteiger partial charge in [0.15, 0.2) is 5.16 Å². The lowest BCUT2D eigenvalue weighted by atomic mass is 10.0. The second-order valence-corrected chi connectivity index (χ2v) is 5.41. The lowest BCUT2D eigenvalue weighted by Gasteiger charge is -2.19. The van der Waals surface area contributed by atoms with Gasteiger partial charge in [0, 0.05) is 12.4 Å². The van der Waals surface area contributed by atoms with Crippen molar-refractivity contribution in [3.05, 3.63) is 12.4 Å². The number of carbonyl (C=O) groups is 2. The van der Waals surface area contributed by atoms with Crippen LogP contribution >= 0.6 is 11.8 Å². The van der Waals surface area contributed by atoms with Crippen molar-refractivity contribution in [2.24, 2.45) is 5.92 Å². The van der Waals surface area contributed by atoms with E-state index in [1.807, 2.05) is 13.8 Å². The lowest BCUT2D eigenvalue weighted by Crippen LogP contribution is -2.23. The van der Waals surface area contributed by atoms with E-state index >= 15 is 0 Å². The van der Waals surface area contributed by atoms with Crippen LogP contribution in [-0.4, -0.2) is 39.5 Å². The van der Waals surface area contributed by atoms with E-state index in [0.29, 0.717) is 17.5 Å². The molecule has 1 aromatic heterocycles. The minimum absolute atomic E-state index is 0.0907. The fraction of sp³-hybridized carbons (Fsp3) is 0.583. The number of carbonyl (C=O) groups excluding carboxylic acids is 1. The van der Waals surface area contributed by atoms with Gasteiger partial charge in [-0.15, -0.1) is 0 Å². The van der Waals surface area contributed by atoms with Gasteiger partial charge in [-0.2, -0.15) is 0 Å². The summed E-state index contributed by atoms with van der Waals surface area (Å²) in [7, 11) is 1.34. The second-order valence-electron chi connectivity index (χ2n) is 4.47. The fourth-order valence-corrected chi connectivity index (χ4v) is 2.41. The van der Waals surface area contributed by atoms with Crippen molar-refractivity contribution in [1.82, 2.24) is 9.55 Å². The first-order valence-corrected chi connectivity index (χ1v) is 6.89. The minimum atomic E-state index is -0.918. The summed E-state index contributed by atoms with van der Waals surface area (Å²) in [5.41, 5.74) is 0. The zero-order valence-electron chi connectivity index (χ0n) is 11.2. The summed E-state index contributed by atoms with van der Waals surface area (Å²) in [6.45, 7) is 4.02. The fourth-order valence-electron chi connectivity index (χ4n) is 1.68. The van der Waals surface area contributed by atoms with Crippen molar-refractivity contribution in [2.75, 3.05) is 12.9 Å². The maximum atomic E-state index is 11.8. The highest BCUT2D eigenvalue weighted by Crippen LogP contribution is 2.25.